The number of rotatable bonds is 7. The van der Waals surface area contributed by atoms with Gasteiger partial charge >= 0.3 is 0 Å². The summed E-state index contributed by atoms with van der Waals surface area (Å²) < 4.78 is 0. The van der Waals surface area contributed by atoms with Gasteiger partial charge in [-0.25, -0.2) is 0 Å². The molecule has 0 aliphatic carbocycles. The molecule has 0 bridgehead atoms. The first-order chi connectivity index (χ1) is 6.20. The Morgan fingerprint density at radius 1 is 1.62 bits per heavy atom. The van der Waals surface area contributed by atoms with Crippen molar-refractivity contribution >= 4 is 33.6 Å². The van der Waals surface area contributed by atoms with Gasteiger partial charge in [-0.1, -0.05) is 15.9 Å². The molecule has 1 N–H and O–H groups in total. The molecule has 0 saturated heterocycles. The lowest BCUT2D eigenvalue weighted by atomic mass is 10.2. The van der Waals surface area contributed by atoms with Crippen LogP contribution in [0, 0.1) is 0 Å². The van der Waals surface area contributed by atoms with E-state index in [0.717, 1.165) is 23.9 Å². The lowest BCUT2D eigenvalue weighted by molar-refractivity contribution is -0.121. The second kappa shape index (κ2) is 8.88. The molecule has 1 amide bonds. The molecule has 2 nitrogen and oxygen atoms in total. The van der Waals surface area contributed by atoms with Gasteiger partial charge in [0, 0.05) is 23.5 Å². The normalized spacial score (nSPS) is 12.5. The summed E-state index contributed by atoms with van der Waals surface area (Å²) in [6.07, 6.45) is 4.82. The standard InChI is InChI=1S/C9H18BrNOS/c1-8(4-3-6-10)11-9(12)5-7-13-2/h8H,3-7H2,1-2H3,(H,11,12). The zero-order valence-corrected chi connectivity index (χ0v) is 10.7. The average Bonchev–Trinajstić information content (AvgIpc) is 2.11. The molecule has 0 heterocycles. The highest BCUT2D eigenvalue weighted by atomic mass is 79.9. The SMILES string of the molecule is CSCCC(=O)NC(C)CCCBr. The molecule has 0 saturated carbocycles. The van der Waals surface area contributed by atoms with Crippen LogP contribution in [0.1, 0.15) is 26.2 Å². The Hall–Kier alpha value is 0.300. The van der Waals surface area contributed by atoms with Crippen LogP contribution in [-0.4, -0.2) is 29.3 Å². The van der Waals surface area contributed by atoms with E-state index in [1.54, 1.807) is 11.8 Å². The van der Waals surface area contributed by atoms with Crippen molar-refractivity contribution < 1.29 is 4.79 Å². The number of thioether (sulfide) groups is 1. The van der Waals surface area contributed by atoms with Crippen LogP contribution in [0.5, 0.6) is 0 Å². The first-order valence-corrected chi connectivity index (χ1v) is 7.06. The first kappa shape index (κ1) is 13.3. The van der Waals surface area contributed by atoms with E-state index in [9.17, 15) is 4.79 Å². The van der Waals surface area contributed by atoms with E-state index in [2.05, 4.69) is 28.2 Å². The third-order valence-electron chi connectivity index (χ3n) is 1.71. The molecule has 0 aromatic rings. The van der Waals surface area contributed by atoms with Crippen molar-refractivity contribution in [3.63, 3.8) is 0 Å². The van der Waals surface area contributed by atoms with E-state index in [1.165, 1.54) is 0 Å². The van der Waals surface area contributed by atoms with Gasteiger partial charge in [0.25, 0.3) is 0 Å². The van der Waals surface area contributed by atoms with Gasteiger partial charge in [0.15, 0.2) is 0 Å². The van der Waals surface area contributed by atoms with Crippen LogP contribution in [0.25, 0.3) is 0 Å². The van der Waals surface area contributed by atoms with E-state index in [1.807, 2.05) is 6.26 Å². The largest absolute Gasteiger partial charge is 0.354 e. The number of hydrogen-bond acceptors (Lipinski definition) is 2. The van der Waals surface area contributed by atoms with Gasteiger partial charge in [0.2, 0.25) is 5.91 Å². The Kier molecular flexibility index (Phi) is 9.08. The fraction of sp³-hybridized carbons (Fsp3) is 0.889. The Labute approximate surface area is 93.4 Å². The van der Waals surface area contributed by atoms with Gasteiger partial charge in [-0.15, -0.1) is 0 Å². The van der Waals surface area contributed by atoms with Crippen molar-refractivity contribution in [1.82, 2.24) is 5.32 Å². The highest BCUT2D eigenvalue weighted by molar-refractivity contribution is 9.09. The Balaban J connectivity index is 3.41. The number of amides is 1. The molecule has 0 aromatic carbocycles. The zero-order chi connectivity index (χ0) is 10.1. The van der Waals surface area contributed by atoms with Gasteiger partial charge in [-0.05, 0) is 26.0 Å². The predicted octanol–water partition coefficient (Wildman–Crippen LogP) is 2.42. The molecule has 13 heavy (non-hydrogen) atoms. The smallest absolute Gasteiger partial charge is 0.221 e. The summed E-state index contributed by atoms with van der Waals surface area (Å²) in [7, 11) is 0. The summed E-state index contributed by atoms with van der Waals surface area (Å²) in [5, 5.41) is 3.99. The minimum atomic E-state index is 0.177. The number of halogens is 1. The molecule has 1 atom stereocenters. The van der Waals surface area contributed by atoms with Crippen LogP contribution < -0.4 is 5.32 Å². The van der Waals surface area contributed by atoms with E-state index >= 15 is 0 Å². The van der Waals surface area contributed by atoms with E-state index < -0.39 is 0 Å². The summed E-state index contributed by atoms with van der Waals surface area (Å²) in [6, 6.07) is 0.312. The maximum atomic E-state index is 11.2. The van der Waals surface area contributed by atoms with Crippen molar-refractivity contribution in [3.8, 4) is 0 Å². The minimum Gasteiger partial charge on any atom is -0.354 e. The van der Waals surface area contributed by atoms with Crippen LogP contribution in [0.3, 0.4) is 0 Å². The summed E-state index contributed by atoms with van der Waals surface area (Å²) >= 11 is 5.08. The quantitative estimate of drug-likeness (QED) is 0.718. The molecule has 0 radical (unpaired) electrons. The number of carbonyl (C=O) groups excluding carboxylic acids is 1. The Bertz CT molecular complexity index is 144. The van der Waals surface area contributed by atoms with Crippen molar-refractivity contribution in [2.75, 3.05) is 17.3 Å². The van der Waals surface area contributed by atoms with Crippen LogP contribution in [0.2, 0.25) is 0 Å². The predicted molar refractivity (Wildman–Crippen MR) is 63.6 cm³/mol. The molecule has 0 aliphatic rings. The molecule has 0 spiro atoms. The maximum Gasteiger partial charge on any atom is 0.221 e. The monoisotopic (exact) mass is 267 g/mol. The second-order valence-electron chi connectivity index (χ2n) is 3.04. The Morgan fingerprint density at radius 2 is 2.31 bits per heavy atom. The molecule has 0 aromatic heterocycles. The molecule has 4 heteroatoms. The summed E-state index contributed by atoms with van der Waals surface area (Å²) in [4.78, 5) is 11.2. The van der Waals surface area contributed by atoms with E-state index in [0.29, 0.717) is 12.5 Å². The van der Waals surface area contributed by atoms with Crippen molar-refractivity contribution in [1.29, 1.82) is 0 Å². The minimum absolute atomic E-state index is 0.177. The van der Waals surface area contributed by atoms with Gasteiger partial charge in [0.05, 0.1) is 0 Å². The highest BCUT2D eigenvalue weighted by Gasteiger charge is 2.05. The number of alkyl halides is 1. The lowest BCUT2D eigenvalue weighted by Gasteiger charge is -2.12. The average molecular weight is 268 g/mol. The topological polar surface area (TPSA) is 29.1 Å². The summed E-state index contributed by atoms with van der Waals surface area (Å²) in [6.45, 7) is 2.06. The second-order valence-corrected chi connectivity index (χ2v) is 4.82. The lowest BCUT2D eigenvalue weighted by Crippen LogP contribution is -2.32. The number of hydrogen-bond donors (Lipinski definition) is 1. The molecular formula is C9H18BrNOS. The molecule has 0 aliphatic heterocycles. The van der Waals surface area contributed by atoms with Gasteiger partial charge in [-0.3, -0.25) is 4.79 Å². The summed E-state index contributed by atoms with van der Waals surface area (Å²) in [5.41, 5.74) is 0. The van der Waals surface area contributed by atoms with Crippen LogP contribution in [0.15, 0.2) is 0 Å². The van der Waals surface area contributed by atoms with Crippen molar-refractivity contribution in [2.24, 2.45) is 0 Å². The molecule has 1 unspecified atom stereocenters. The fourth-order valence-electron chi connectivity index (χ4n) is 0.997. The van der Waals surface area contributed by atoms with E-state index in [4.69, 9.17) is 0 Å². The van der Waals surface area contributed by atoms with Gasteiger partial charge in [-0.2, -0.15) is 11.8 Å². The van der Waals surface area contributed by atoms with Crippen molar-refractivity contribution in [2.45, 2.75) is 32.2 Å². The molecule has 0 rings (SSSR count). The van der Waals surface area contributed by atoms with Crippen molar-refractivity contribution in [3.05, 3.63) is 0 Å². The zero-order valence-electron chi connectivity index (χ0n) is 8.31. The van der Waals surface area contributed by atoms with Gasteiger partial charge in [0.1, 0.15) is 0 Å². The summed E-state index contributed by atoms with van der Waals surface area (Å²) in [5.74, 6) is 1.09. The number of nitrogens with one attached hydrogen (secondary N) is 1. The van der Waals surface area contributed by atoms with E-state index in [-0.39, 0.29) is 5.91 Å². The third-order valence-corrected chi connectivity index (χ3v) is 2.88. The van der Waals surface area contributed by atoms with Crippen LogP contribution in [-0.2, 0) is 4.79 Å². The highest BCUT2D eigenvalue weighted by Crippen LogP contribution is 2.00. The third kappa shape index (κ3) is 8.63. The fourth-order valence-corrected chi connectivity index (χ4v) is 1.71. The van der Waals surface area contributed by atoms with Gasteiger partial charge < -0.3 is 5.32 Å². The first-order valence-electron chi connectivity index (χ1n) is 4.55. The molecule has 78 valence electrons. The van der Waals surface area contributed by atoms with Crippen LogP contribution >= 0.6 is 27.7 Å². The molecule has 0 fully saturated rings. The van der Waals surface area contributed by atoms with Crippen LogP contribution in [0.4, 0.5) is 0 Å². The number of carbonyl (C=O) groups is 1. The Morgan fingerprint density at radius 3 is 2.85 bits per heavy atom. The molecular weight excluding hydrogens is 250 g/mol. The maximum absolute atomic E-state index is 11.2.